The summed E-state index contributed by atoms with van der Waals surface area (Å²) < 4.78 is 5.63. The highest BCUT2D eigenvalue weighted by molar-refractivity contribution is 6.32. The van der Waals surface area contributed by atoms with E-state index in [1.54, 1.807) is 12.1 Å². The Balaban J connectivity index is 2.29. The number of nitro benzene ring substituents is 1. The lowest BCUT2D eigenvalue weighted by Gasteiger charge is -2.00. The van der Waals surface area contributed by atoms with Crippen LogP contribution in [0.5, 0.6) is 0 Å². The van der Waals surface area contributed by atoms with Crippen molar-refractivity contribution in [2.24, 2.45) is 5.73 Å². The number of nitrogens with two attached hydrogens (primary N) is 1. The Morgan fingerprint density at radius 3 is 2.79 bits per heavy atom. The lowest BCUT2D eigenvalue weighted by molar-refractivity contribution is -0.384. The van der Waals surface area contributed by atoms with E-state index in [2.05, 4.69) is 0 Å². The SMILES string of the molecule is NCCCc1ccc(-c2ccc(Cl)c([N+](=O)[O-])c2)o1. The summed E-state index contributed by atoms with van der Waals surface area (Å²) in [6, 6.07) is 8.25. The van der Waals surface area contributed by atoms with Crippen molar-refractivity contribution in [1.29, 1.82) is 0 Å². The molecule has 0 bridgehead atoms. The molecule has 0 spiro atoms. The van der Waals surface area contributed by atoms with Crippen molar-refractivity contribution in [1.82, 2.24) is 0 Å². The Hall–Kier alpha value is -1.85. The van der Waals surface area contributed by atoms with E-state index in [1.165, 1.54) is 12.1 Å². The lowest BCUT2D eigenvalue weighted by atomic mass is 10.1. The average molecular weight is 281 g/mol. The Labute approximate surface area is 115 Å². The molecular weight excluding hydrogens is 268 g/mol. The van der Waals surface area contributed by atoms with Crippen LogP contribution < -0.4 is 5.73 Å². The molecule has 0 fully saturated rings. The van der Waals surface area contributed by atoms with E-state index < -0.39 is 4.92 Å². The Morgan fingerprint density at radius 1 is 1.32 bits per heavy atom. The highest BCUT2D eigenvalue weighted by Crippen LogP contribution is 2.31. The van der Waals surface area contributed by atoms with Gasteiger partial charge in [-0.25, -0.2) is 0 Å². The Morgan fingerprint density at radius 2 is 2.11 bits per heavy atom. The van der Waals surface area contributed by atoms with Crippen LogP contribution in [0.15, 0.2) is 34.7 Å². The second-order valence-corrected chi connectivity index (χ2v) is 4.49. The molecule has 1 aromatic carbocycles. The van der Waals surface area contributed by atoms with Crippen molar-refractivity contribution in [3.63, 3.8) is 0 Å². The number of nitrogens with zero attached hydrogens (tertiary/aromatic N) is 1. The van der Waals surface area contributed by atoms with Gasteiger partial charge in [-0.3, -0.25) is 10.1 Å². The van der Waals surface area contributed by atoms with Crippen molar-refractivity contribution < 1.29 is 9.34 Å². The molecule has 19 heavy (non-hydrogen) atoms. The van der Waals surface area contributed by atoms with Gasteiger partial charge in [-0.05, 0) is 37.2 Å². The maximum atomic E-state index is 10.8. The predicted octanol–water partition coefficient (Wildman–Crippen LogP) is 3.40. The van der Waals surface area contributed by atoms with Gasteiger partial charge < -0.3 is 10.2 Å². The van der Waals surface area contributed by atoms with Crippen LogP contribution >= 0.6 is 11.6 Å². The van der Waals surface area contributed by atoms with Gasteiger partial charge in [0.1, 0.15) is 16.5 Å². The molecule has 0 unspecified atom stereocenters. The molecule has 1 aromatic heterocycles. The highest BCUT2D eigenvalue weighted by Gasteiger charge is 2.15. The highest BCUT2D eigenvalue weighted by atomic mass is 35.5. The number of furan rings is 1. The third-order valence-electron chi connectivity index (χ3n) is 2.72. The number of hydrogen-bond donors (Lipinski definition) is 1. The minimum absolute atomic E-state index is 0.115. The summed E-state index contributed by atoms with van der Waals surface area (Å²) in [7, 11) is 0. The van der Waals surface area contributed by atoms with Gasteiger partial charge in [0.25, 0.3) is 5.69 Å². The summed E-state index contributed by atoms with van der Waals surface area (Å²) in [6.45, 7) is 0.600. The molecule has 0 amide bonds. The maximum absolute atomic E-state index is 10.8. The third-order valence-corrected chi connectivity index (χ3v) is 3.04. The summed E-state index contributed by atoms with van der Waals surface area (Å²) in [5.74, 6) is 1.41. The lowest BCUT2D eigenvalue weighted by Crippen LogP contribution is -1.99. The van der Waals surface area contributed by atoms with Gasteiger partial charge in [0.2, 0.25) is 0 Å². The van der Waals surface area contributed by atoms with Gasteiger partial charge in [0.05, 0.1) is 4.92 Å². The first-order valence-corrected chi connectivity index (χ1v) is 6.22. The zero-order valence-corrected chi connectivity index (χ0v) is 10.9. The standard InChI is InChI=1S/C13H13ClN2O3/c14-11-5-3-9(8-12(11)16(17)18)13-6-4-10(19-13)2-1-7-15/h3-6,8H,1-2,7,15H2. The molecule has 0 saturated carbocycles. The molecular formula is C13H13ClN2O3. The van der Waals surface area contributed by atoms with Gasteiger partial charge in [-0.1, -0.05) is 11.6 Å². The molecule has 2 rings (SSSR count). The maximum Gasteiger partial charge on any atom is 0.288 e. The van der Waals surface area contributed by atoms with E-state index >= 15 is 0 Å². The second-order valence-electron chi connectivity index (χ2n) is 4.08. The van der Waals surface area contributed by atoms with Crippen molar-refractivity contribution in [3.05, 3.63) is 51.2 Å². The third kappa shape index (κ3) is 3.13. The quantitative estimate of drug-likeness (QED) is 0.672. The molecule has 0 aliphatic rings. The molecule has 0 saturated heterocycles. The van der Waals surface area contributed by atoms with Crippen LogP contribution in [0.2, 0.25) is 5.02 Å². The first-order valence-electron chi connectivity index (χ1n) is 5.85. The van der Waals surface area contributed by atoms with Crippen molar-refractivity contribution in [2.45, 2.75) is 12.8 Å². The number of halogens is 1. The van der Waals surface area contributed by atoms with E-state index in [9.17, 15) is 10.1 Å². The molecule has 0 aliphatic carbocycles. The molecule has 0 atom stereocenters. The van der Waals surface area contributed by atoms with E-state index in [1.807, 2.05) is 6.07 Å². The molecule has 2 aromatic rings. The summed E-state index contributed by atoms with van der Waals surface area (Å²) in [5, 5.41) is 10.9. The summed E-state index contributed by atoms with van der Waals surface area (Å²) in [5.41, 5.74) is 5.94. The van der Waals surface area contributed by atoms with Crippen LogP contribution in [0.3, 0.4) is 0 Å². The van der Waals surface area contributed by atoms with Crippen LogP contribution in [-0.2, 0) is 6.42 Å². The Kier molecular flexibility index (Phi) is 4.19. The number of benzene rings is 1. The van der Waals surface area contributed by atoms with E-state index in [0.29, 0.717) is 17.9 Å². The van der Waals surface area contributed by atoms with Crippen LogP contribution in [0, 0.1) is 10.1 Å². The largest absolute Gasteiger partial charge is 0.461 e. The predicted molar refractivity (Wildman–Crippen MR) is 73.2 cm³/mol. The number of aryl methyl sites for hydroxylation is 1. The van der Waals surface area contributed by atoms with E-state index in [4.69, 9.17) is 21.8 Å². The zero-order valence-electron chi connectivity index (χ0n) is 10.1. The minimum atomic E-state index is -0.510. The van der Waals surface area contributed by atoms with Crippen LogP contribution in [0.25, 0.3) is 11.3 Å². The number of rotatable bonds is 5. The van der Waals surface area contributed by atoms with Gasteiger partial charge in [0, 0.05) is 18.1 Å². The fourth-order valence-electron chi connectivity index (χ4n) is 1.75. The van der Waals surface area contributed by atoms with Crippen molar-refractivity contribution in [2.75, 3.05) is 6.54 Å². The first kappa shape index (κ1) is 13.6. The smallest absolute Gasteiger partial charge is 0.288 e. The summed E-state index contributed by atoms with van der Waals surface area (Å²) in [6.07, 6.45) is 1.60. The molecule has 0 radical (unpaired) electrons. The van der Waals surface area contributed by atoms with Crippen molar-refractivity contribution >= 4 is 17.3 Å². The van der Waals surface area contributed by atoms with Gasteiger partial charge in [-0.2, -0.15) is 0 Å². The minimum Gasteiger partial charge on any atom is -0.461 e. The average Bonchev–Trinajstić information content (AvgIpc) is 2.85. The summed E-state index contributed by atoms with van der Waals surface area (Å²) >= 11 is 5.77. The molecule has 6 heteroatoms. The normalized spacial score (nSPS) is 10.6. The fraction of sp³-hybridized carbons (Fsp3) is 0.231. The van der Waals surface area contributed by atoms with E-state index in [-0.39, 0.29) is 10.7 Å². The molecule has 1 heterocycles. The van der Waals surface area contributed by atoms with Crippen LogP contribution in [0.1, 0.15) is 12.2 Å². The molecule has 5 nitrogen and oxygen atoms in total. The first-order chi connectivity index (χ1) is 9.11. The zero-order chi connectivity index (χ0) is 13.8. The Bertz CT molecular complexity index is 595. The fourth-order valence-corrected chi connectivity index (χ4v) is 1.94. The molecule has 2 N–H and O–H groups in total. The van der Waals surface area contributed by atoms with Gasteiger partial charge in [-0.15, -0.1) is 0 Å². The monoisotopic (exact) mass is 280 g/mol. The van der Waals surface area contributed by atoms with Crippen LogP contribution in [-0.4, -0.2) is 11.5 Å². The molecule has 100 valence electrons. The van der Waals surface area contributed by atoms with E-state index in [0.717, 1.165) is 18.6 Å². The number of hydrogen-bond acceptors (Lipinski definition) is 4. The molecule has 0 aliphatic heterocycles. The number of nitro groups is 1. The van der Waals surface area contributed by atoms with Gasteiger partial charge in [0.15, 0.2) is 0 Å². The topological polar surface area (TPSA) is 82.3 Å². The van der Waals surface area contributed by atoms with Crippen LogP contribution in [0.4, 0.5) is 5.69 Å². The van der Waals surface area contributed by atoms with Gasteiger partial charge >= 0.3 is 0 Å². The van der Waals surface area contributed by atoms with Crippen molar-refractivity contribution in [3.8, 4) is 11.3 Å². The summed E-state index contributed by atoms with van der Waals surface area (Å²) in [4.78, 5) is 10.3. The second kappa shape index (κ2) is 5.86.